The van der Waals surface area contributed by atoms with Crippen molar-refractivity contribution in [3.63, 3.8) is 0 Å². The Labute approximate surface area is 114 Å². The third kappa shape index (κ3) is 2.75. The summed E-state index contributed by atoms with van der Waals surface area (Å²) in [5.74, 6) is 1.93. The van der Waals surface area contributed by atoms with Gasteiger partial charge in [-0.3, -0.25) is 4.79 Å². The predicted molar refractivity (Wildman–Crippen MR) is 74.2 cm³/mol. The van der Waals surface area contributed by atoms with Crippen molar-refractivity contribution in [1.82, 2.24) is 4.90 Å². The van der Waals surface area contributed by atoms with Crippen LogP contribution in [0.3, 0.4) is 0 Å². The minimum absolute atomic E-state index is 0.291. The summed E-state index contributed by atoms with van der Waals surface area (Å²) in [5.41, 5.74) is 1.08. The van der Waals surface area contributed by atoms with Gasteiger partial charge in [-0.05, 0) is 49.3 Å². The van der Waals surface area contributed by atoms with Gasteiger partial charge in [0.15, 0.2) is 0 Å². The van der Waals surface area contributed by atoms with Crippen LogP contribution in [0.1, 0.15) is 31.2 Å². The minimum Gasteiger partial charge on any atom is -0.497 e. The number of amides is 1. The molecule has 1 atom stereocenters. The largest absolute Gasteiger partial charge is 0.497 e. The van der Waals surface area contributed by atoms with Crippen LogP contribution < -0.4 is 4.74 Å². The van der Waals surface area contributed by atoms with E-state index in [1.807, 2.05) is 24.3 Å². The first-order chi connectivity index (χ1) is 9.28. The molecule has 0 bridgehead atoms. The molecule has 3 heteroatoms. The first-order valence-electron chi connectivity index (χ1n) is 7.20. The topological polar surface area (TPSA) is 29.5 Å². The fourth-order valence-corrected chi connectivity index (χ4v) is 3.09. The molecule has 1 saturated carbocycles. The number of carbonyl (C=O) groups is 1. The highest BCUT2D eigenvalue weighted by Gasteiger charge is 2.39. The Kier molecular flexibility index (Phi) is 3.45. The number of nitrogens with zero attached hydrogens (tertiary/aromatic N) is 1. The van der Waals surface area contributed by atoms with E-state index < -0.39 is 0 Å². The molecule has 1 aliphatic carbocycles. The molecule has 102 valence electrons. The van der Waals surface area contributed by atoms with E-state index in [0.29, 0.717) is 18.4 Å². The van der Waals surface area contributed by atoms with Gasteiger partial charge < -0.3 is 9.64 Å². The molecule has 3 nitrogen and oxygen atoms in total. The summed E-state index contributed by atoms with van der Waals surface area (Å²) in [6.07, 6.45) is 5.54. The number of benzene rings is 1. The van der Waals surface area contributed by atoms with Crippen molar-refractivity contribution >= 4 is 5.91 Å². The summed E-state index contributed by atoms with van der Waals surface area (Å²) in [5, 5.41) is 0. The Hall–Kier alpha value is -1.51. The van der Waals surface area contributed by atoms with Gasteiger partial charge in [0, 0.05) is 12.6 Å². The fraction of sp³-hybridized carbons (Fsp3) is 0.562. The van der Waals surface area contributed by atoms with E-state index in [2.05, 4.69) is 4.90 Å². The predicted octanol–water partition coefficient (Wildman–Crippen LogP) is 2.64. The van der Waals surface area contributed by atoms with Crippen molar-refractivity contribution in [2.24, 2.45) is 5.92 Å². The average Bonchev–Trinajstić information content (AvgIpc) is 3.16. The van der Waals surface area contributed by atoms with E-state index in [-0.39, 0.29) is 0 Å². The van der Waals surface area contributed by atoms with Crippen molar-refractivity contribution in [2.75, 3.05) is 13.7 Å². The highest BCUT2D eigenvalue weighted by atomic mass is 16.5. The normalized spacial score (nSPS) is 22.6. The van der Waals surface area contributed by atoms with Gasteiger partial charge in [0.2, 0.25) is 5.91 Å². The van der Waals surface area contributed by atoms with E-state index in [4.69, 9.17) is 4.74 Å². The molecule has 3 rings (SSSR count). The van der Waals surface area contributed by atoms with Crippen LogP contribution in [-0.4, -0.2) is 30.5 Å². The van der Waals surface area contributed by atoms with Crippen LogP contribution >= 0.6 is 0 Å². The summed E-state index contributed by atoms with van der Waals surface area (Å²) in [7, 11) is 1.66. The molecule has 0 aromatic heterocycles. The summed E-state index contributed by atoms with van der Waals surface area (Å²) >= 11 is 0. The Balaban J connectivity index is 1.63. The van der Waals surface area contributed by atoms with E-state index in [9.17, 15) is 4.79 Å². The SMILES string of the molecule is COc1ccc(CC(=O)N2CCCC2C2CC2)cc1. The van der Waals surface area contributed by atoms with Crippen LogP contribution in [0.5, 0.6) is 5.75 Å². The molecule has 1 aromatic rings. The second-order valence-electron chi connectivity index (χ2n) is 5.66. The Morgan fingerprint density at radius 2 is 2.00 bits per heavy atom. The quantitative estimate of drug-likeness (QED) is 0.832. The molecule has 0 spiro atoms. The molecule has 0 N–H and O–H groups in total. The number of hydrogen-bond donors (Lipinski definition) is 0. The maximum Gasteiger partial charge on any atom is 0.227 e. The minimum atomic E-state index is 0.291. The fourth-order valence-electron chi connectivity index (χ4n) is 3.09. The third-order valence-electron chi connectivity index (χ3n) is 4.30. The summed E-state index contributed by atoms with van der Waals surface area (Å²) in [4.78, 5) is 14.5. The monoisotopic (exact) mass is 259 g/mol. The van der Waals surface area contributed by atoms with E-state index in [1.54, 1.807) is 7.11 Å². The van der Waals surface area contributed by atoms with Gasteiger partial charge in [0.05, 0.1) is 13.5 Å². The average molecular weight is 259 g/mol. The zero-order valence-electron chi connectivity index (χ0n) is 11.5. The van der Waals surface area contributed by atoms with E-state index in [0.717, 1.165) is 23.8 Å². The molecule has 1 amide bonds. The highest BCUT2D eigenvalue weighted by molar-refractivity contribution is 5.79. The van der Waals surface area contributed by atoms with Crippen LogP contribution in [0, 0.1) is 5.92 Å². The number of methoxy groups -OCH3 is 1. The maximum atomic E-state index is 12.4. The van der Waals surface area contributed by atoms with Gasteiger partial charge in [-0.15, -0.1) is 0 Å². The summed E-state index contributed by atoms with van der Waals surface area (Å²) in [6, 6.07) is 8.35. The first-order valence-corrected chi connectivity index (χ1v) is 7.20. The van der Waals surface area contributed by atoms with Crippen LogP contribution in [0.15, 0.2) is 24.3 Å². The van der Waals surface area contributed by atoms with Crippen LogP contribution in [0.25, 0.3) is 0 Å². The lowest BCUT2D eigenvalue weighted by Gasteiger charge is -2.24. The van der Waals surface area contributed by atoms with Gasteiger partial charge in [0.25, 0.3) is 0 Å². The smallest absolute Gasteiger partial charge is 0.227 e. The van der Waals surface area contributed by atoms with E-state index >= 15 is 0 Å². The van der Waals surface area contributed by atoms with Crippen molar-refractivity contribution in [3.8, 4) is 5.75 Å². The molecule has 2 aliphatic rings. The Morgan fingerprint density at radius 3 is 2.63 bits per heavy atom. The molecule has 1 heterocycles. The second-order valence-corrected chi connectivity index (χ2v) is 5.66. The van der Waals surface area contributed by atoms with Gasteiger partial charge in [-0.25, -0.2) is 0 Å². The van der Waals surface area contributed by atoms with Crippen molar-refractivity contribution in [3.05, 3.63) is 29.8 Å². The highest BCUT2D eigenvalue weighted by Crippen LogP contribution is 2.40. The van der Waals surface area contributed by atoms with Crippen molar-refractivity contribution in [1.29, 1.82) is 0 Å². The molecule has 2 fully saturated rings. The second kappa shape index (κ2) is 5.24. The molecule has 0 radical (unpaired) electrons. The lowest BCUT2D eigenvalue weighted by Crippen LogP contribution is -2.37. The van der Waals surface area contributed by atoms with E-state index in [1.165, 1.54) is 25.7 Å². The molecule has 1 aliphatic heterocycles. The summed E-state index contributed by atoms with van der Waals surface area (Å²) < 4.78 is 5.14. The van der Waals surface area contributed by atoms with Crippen molar-refractivity contribution < 1.29 is 9.53 Å². The standard InChI is InChI=1S/C16H21NO2/c1-19-14-8-4-12(5-9-14)11-16(18)17-10-2-3-15(17)13-6-7-13/h4-5,8-9,13,15H,2-3,6-7,10-11H2,1H3. The molecule has 19 heavy (non-hydrogen) atoms. The van der Waals surface area contributed by atoms with Crippen LogP contribution in [-0.2, 0) is 11.2 Å². The van der Waals surface area contributed by atoms with Crippen LogP contribution in [0.4, 0.5) is 0 Å². The maximum absolute atomic E-state index is 12.4. The molecule has 1 saturated heterocycles. The number of likely N-dealkylation sites (tertiary alicyclic amines) is 1. The number of hydrogen-bond acceptors (Lipinski definition) is 2. The lowest BCUT2D eigenvalue weighted by molar-refractivity contribution is -0.131. The van der Waals surface area contributed by atoms with Gasteiger partial charge >= 0.3 is 0 Å². The zero-order chi connectivity index (χ0) is 13.2. The lowest BCUT2D eigenvalue weighted by atomic mass is 10.1. The van der Waals surface area contributed by atoms with Gasteiger partial charge in [-0.1, -0.05) is 12.1 Å². The summed E-state index contributed by atoms with van der Waals surface area (Å²) in [6.45, 7) is 0.955. The number of rotatable bonds is 4. The molecule has 1 unspecified atom stereocenters. The van der Waals surface area contributed by atoms with Crippen molar-refractivity contribution in [2.45, 2.75) is 38.1 Å². The Morgan fingerprint density at radius 1 is 1.26 bits per heavy atom. The number of ether oxygens (including phenoxy) is 1. The van der Waals surface area contributed by atoms with Crippen LogP contribution in [0.2, 0.25) is 0 Å². The first kappa shape index (κ1) is 12.5. The zero-order valence-corrected chi connectivity index (χ0v) is 11.5. The molecule has 1 aromatic carbocycles. The molecular formula is C16H21NO2. The number of carbonyl (C=O) groups excluding carboxylic acids is 1. The third-order valence-corrected chi connectivity index (χ3v) is 4.30. The Bertz CT molecular complexity index is 450. The molecular weight excluding hydrogens is 238 g/mol. The van der Waals surface area contributed by atoms with Gasteiger partial charge in [0.1, 0.15) is 5.75 Å². The van der Waals surface area contributed by atoms with Gasteiger partial charge in [-0.2, -0.15) is 0 Å².